The van der Waals surface area contributed by atoms with E-state index in [2.05, 4.69) is 5.32 Å². The summed E-state index contributed by atoms with van der Waals surface area (Å²) in [7, 11) is 0. The molecule has 0 spiro atoms. The fourth-order valence-electron chi connectivity index (χ4n) is 2.44. The molecule has 0 atom stereocenters. The van der Waals surface area contributed by atoms with Crippen LogP contribution in [-0.4, -0.2) is 40.8 Å². The Balaban J connectivity index is 0.00000320. The Kier molecular flexibility index (Phi) is 8.03. The molecule has 3 rings (SSSR count). The third-order valence-corrected chi connectivity index (χ3v) is 5.02. The van der Waals surface area contributed by atoms with Crippen molar-refractivity contribution in [3.8, 4) is 5.75 Å². The molecule has 1 heterocycles. The van der Waals surface area contributed by atoms with Crippen LogP contribution in [0.2, 0.25) is 5.02 Å². The molecule has 1 aromatic heterocycles. The fraction of sp³-hybridized carbons (Fsp3) is 0.0526. The molecule has 3 aromatic rings. The van der Waals surface area contributed by atoms with E-state index in [0.29, 0.717) is 5.75 Å². The average Bonchev–Trinajstić information content (AvgIpc) is 3.20. The van der Waals surface area contributed by atoms with Crippen molar-refractivity contribution < 1.29 is 24.4 Å². The summed E-state index contributed by atoms with van der Waals surface area (Å²) >= 11 is 7.47. The van der Waals surface area contributed by atoms with Crippen LogP contribution < -0.4 is 10.1 Å². The maximum absolute atomic E-state index is 12.5. The number of nitrogens with zero attached hydrogens (tertiary/aromatic N) is 1. The second kappa shape index (κ2) is 10.3. The minimum absolute atomic E-state index is 0. The van der Waals surface area contributed by atoms with Gasteiger partial charge < -0.3 is 15.2 Å². The number of carboxylic acid groups (broad SMARTS) is 1. The van der Waals surface area contributed by atoms with Crippen molar-refractivity contribution in [1.82, 2.24) is 0 Å². The average molecular weight is 441 g/mol. The van der Waals surface area contributed by atoms with Crippen LogP contribution in [-0.2, 0) is 6.61 Å². The number of non-ortho nitro benzene ring substituents is 1. The fourth-order valence-corrected chi connectivity index (χ4v) is 3.26. The Hall–Kier alpha value is -2.83. The zero-order valence-electron chi connectivity index (χ0n) is 14.6. The number of hydrogen-bond acceptors (Lipinski definition) is 6. The molecule has 0 saturated carbocycles. The van der Waals surface area contributed by atoms with Crippen LogP contribution in [0.3, 0.4) is 0 Å². The van der Waals surface area contributed by atoms with Crippen molar-refractivity contribution in [2.45, 2.75) is 6.61 Å². The number of amides is 1. The van der Waals surface area contributed by atoms with Gasteiger partial charge in [0.2, 0.25) is 0 Å². The van der Waals surface area contributed by atoms with E-state index in [0.717, 1.165) is 10.9 Å². The zero-order chi connectivity index (χ0) is 21.0. The topological polar surface area (TPSA) is 119 Å². The first-order valence-corrected chi connectivity index (χ1v) is 9.38. The summed E-state index contributed by atoms with van der Waals surface area (Å²) in [6.45, 7) is 0.283. The van der Waals surface area contributed by atoms with Gasteiger partial charge in [0, 0.05) is 17.0 Å². The first-order chi connectivity index (χ1) is 13.8. The summed E-state index contributed by atoms with van der Waals surface area (Å²) in [5.74, 6) is -1.72. The number of benzene rings is 2. The van der Waals surface area contributed by atoms with Gasteiger partial charge in [-0.15, -0.1) is 11.3 Å². The molecule has 0 aliphatic carbocycles. The number of carbonyl (C=O) groups excluding carboxylic acids is 1. The predicted molar refractivity (Wildman–Crippen MR) is 115 cm³/mol. The molecule has 0 aliphatic heterocycles. The van der Waals surface area contributed by atoms with Crippen molar-refractivity contribution in [2.24, 2.45) is 0 Å². The Labute approximate surface area is 191 Å². The Morgan fingerprint density at radius 1 is 1.17 bits per heavy atom. The number of nitro benzene ring substituents is 1. The van der Waals surface area contributed by atoms with E-state index in [4.69, 9.17) is 16.3 Å². The van der Waals surface area contributed by atoms with Crippen LogP contribution in [0.1, 0.15) is 25.6 Å². The molecular weight excluding hydrogens is 427 g/mol. The molecule has 0 saturated heterocycles. The van der Waals surface area contributed by atoms with E-state index in [9.17, 15) is 24.8 Å². The van der Waals surface area contributed by atoms with Gasteiger partial charge >= 0.3 is 24.8 Å². The first-order valence-electron chi connectivity index (χ1n) is 8.13. The van der Waals surface area contributed by atoms with E-state index in [-0.39, 0.29) is 53.0 Å². The molecule has 8 nitrogen and oxygen atoms in total. The van der Waals surface area contributed by atoms with Gasteiger partial charge in [-0.1, -0.05) is 17.7 Å². The standard InChI is InChI=1S/C19H13ClN2O6S.Li.H/c20-16-5-3-11(22(26)27)8-14(16)18(23)21-17-6-4-12(9-15(17)19(24)25)28-10-13-2-1-7-29-13;;/h1-9H,10H2,(H,21,23)(H,24,25);;. The molecular formula is C19H14ClLiN2O6S. The van der Waals surface area contributed by atoms with E-state index >= 15 is 0 Å². The molecule has 2 N–H and O–H groups in total. The van der Waals surface area contributed by atoms with Gasteiger partial charge in [-0.2, -0.15) is 0 Å². The second-order valence-corrected chi connectivity index (χ2v) is 7.20. The summed E-state index contributed by atoms with van der Waals surface area (Å²) < 4.78 is 5.59. The van der Waals surface area contributed by atoms with Crippen LogP contribution in [0.15, 0.2) is 53.9 Å². The van der Waals surface area contributed by atoms with Gasteiger partial charge in [-0.25, -0.2) is 4.79 Å². The van der Waals surface area contributed by atoms with Gasteiger partial charge in [0.25, 0.3) is 11.6 Å². The molecule has 0 unspecified atom stereocenters. The number of nitrogens with one attached hydrogen (secondary N) is 1. The SMILES string of the molecule is O=C(Nc1ccc(OCc2cccs2)cc1C(=O)O)c1cc([N+](=O)[O-])ccc1Cl.[LiH]. The first kappa shape index (κ1) is 23.4. The summed E-state index contributed by atoms with van der Waals surface area (Å²) in [4.78, 5) is 35.4. The van der Waals surface area contributed by atoms with Crippen molar-refractivity contribution in [2.75, 3.05) is 5.32 Å². The summed E-state index contributed by atoms with van der Waals surface area (Å²) in [6.07, 6.45) is 0. The van der Waals surface area contributed by atoms with E-state index in [1.807, 2.05) is 17.5 Å². The molecule has 150 valence electrons. The number of anilines is 1. The number of nitro groups is 1. The Morgan fingerprint density at radius 3 is 2.57 bits per heavy atom. The molecule has 1 amide bonds. The van der Waals surface area contributed by atoms with Crippen LogP contribution in [0.4, 0.5) is 11.4 Å². The predicted octanol–water partition coefficient (Wildman–Crippen LogP) is 4.19. The number of carbonyl (C=O) groups is 2. The van der Waals surface area contributed by atoms with Crippen LogP contribution in [0.5, 0.6) is 5.75 Å². The molecule has 2 aromatic carbocycles. The van der Waals surface area contributed by atoms with Gasteiger partial charge in [-0.05, 0) is 35.7 Å². The van der Waals surface area contributed by atoms with Gasteiger partial charge in [0.15, 0.2) is 0 Å². The zero-order valence-corrected chi connectivity index (χ0v) is 16.2. The molecule has 11 heteroatoms. The van der Waals surface area contributed by atoms with E-state index < -0.39 is 16.8 Å². The van der Waals surface area contributed by atoms with Crippen molar-refractivity contribution in [1.29, 1.82) is 0 Å². The quantitative estimate of drug-likeness (QED) is 0.323. The monoisotopic (exact) mass is 440 g/mol. The van der Waals surface area contributed by atoms with Gasteiger partial charge in [0.05, 0.1) is 26.8 Å². The normalized spacial score (nSPS) is 10.0. The van der Waals surface area contributed by atoms with Gasteiger partial charge in [-0.3, -0.25) is 14.9 Å². The van der Waals surface area contributed by atoms with Gasteiger partial charge in [0.1, 0.15) is 12.4 Å². The number of halogens is 1. The minimum atomic E-state index is -1.27. The number of rotatable bonds is 7. The molecule has 0 fully saturated rings. The summed E-state index contributed by atoms with van der Waals surface area (Å²) in [5, 5.41) is 24.7. The van der Waals surface area contributed by atoms with Crippen molar-refractivity contribution in [3.63, 3.8) is 0 Å². The number of hydrogen-bond donors (Lipinski definition) is 2. The molecule has 0 radical (unpaired) electrons. The number of aromatic carboxylic acids is 1. The van der Waals surface area contributed by atoms with E-state index in [1.54, 1.807) is 0 Å². The number of thiophene rings is 1. The van der Waals surface area contributed by atoms with Crippen LogP contribution in [0.25, 0.3) is 0 Å². The second-order valence-electron chi connectivity index (χ2n) is 5.76. The van der Waals surface area contributed by atoms with Crippen molar-refractivity contribution >= 4 is 65.0 Å². The molecule has 0 aliphatic rings. The van der Waals surface area contributed by atoms with E-state index in [1.165, 1.54) is 41.7 Å². The molecule has 30 heavy (non-hydrogen) atoms. The van der Waals surface area contributed by atoms with Crippen LogP contribution in [0, 0.1) is 10.1 Å². The van der Waals surface area contributed by atoms with Crippen molar-refractivity contribution in [3.05, 3.63) is 85.1 Å². The summed E-state index contributed by atoms with van der Waals surface area (Å²) in [5.41, 5.74) is -0.636. The Bertz CT molecular complexity index is 1090. The molecule has 0 bridgehead atoms. The summed E-state index contributed by atoms with van der Waals surface area (Å²) in [6, 6.07) is 11.4. The third-order valence-electron chi connectivity index (χ3n) is 3.84. The maximum atomic E-state index is 12.5. The number of ether oxygens (including phenoxy) is 1. The third kappa shape index (κ3) is 5.61. The Morgan fingerprint density at radius 2 is 1.93 bits per heavy atom. The van der Waals surface area contributed by atoms with Crippen LogP contribution >= 0.6 is 22.9 Å². The number of carboxylic acids is 1.